The highest BCUT2D eigenvalue weighted by molar-refractivity contribution is 7.16. The van der Waals surface area contributed by atoms with Gasteiger partial charge in [0.15, 0.2) is 5.82 Å². The standard InChI is InChI=1S/C13H21N5S/c1-12(2,13(3,4)14)10-17-18-9(8-6-5-7-8)15-16-11(18)19-10/h8H,5-7,14H2,1-4H3. The highest BCUT2D eigenvalue weighted by Crippen LogP contribution is 2.38. The van der Waals surface area contributed by atoms with Crippen molar-refractivity contribution in [3.8, 4) is 0 Å². The maximum Gasteiger partial charge on any atom is 0.234 e. The third kappa shape index (κ3) is 1.89. The van der Waals surface area contributed by atoms with Gasteiger partial charge in [0, 0.05) is 16.9 Å². The second-order valence-electron chi connectivity index (χ2n) is 6.63. The van der Waals surface area contributed by atoms with E-state index in [1.165, 1.54) is 19.3 Å². The first kappa shape index (κ1) is 13.0. The Morgan fingerprint density at radius 1 is 1.21 bits per heavy atom. The predicted molar refractivity (Wildman–Crippen MR) is 76.5 cm³/mol. The van der Waals surface area contributed by atoms with Crippen molar-refractivity contribution in [3.05, 3.63) is 10.8 Å². The summed E-state index contributed by atoms with van der Waals surface area (Å²) in [6, 6.07) is 0. The zero-order chi connectivity index (χ0) is 13.8. The van der Waals surface area contributed by atoms with Gasteiger partial charge in [0.1, 0.15) is 5.01 Å². The van der Waals surface area contributed by atoms with Crippen LogP contribution in [0.1, 0.15) is 63.7 Å². The first-order valence-electron chi connectivity index (χ1n) is 6.82. The van der Waals surface area contributed by atoms with E-state index in [-0.39, 0.29) is 11.0 Å². The van der Waals surface area contributed by atoms with E-state index in [0.29, 0.717) is 5.92 Å². The lowest BCUT2D eigenvalue weighted by Crippen LogP contribution is -2.50. The van der Waals surface area contributed by atoms with Crippen molar-refractivity contribution in [2.75, 3.05) is 0 Å². The summed E-state index contributed by atoms with van der Waals surface area (Å²) in [5.41, 5.74) is 5.78. The lowest BCUT2D eigenvalue weighted by Gasteiger charge is -2.36. The first-order valence-corrected chi connectivity index (χ1v) is 7.64. The third-order valence-corrected chi connectivity index (χ3v) is 5.85. The Balaban J connectivity index is 2.05. The van der Waals surface area contributed by atoms with Gasteiger partial charge in [0.25, 0.3) is 0 Å². The van der Waals surface area contributed by atoms with Gasteiger partial charge in [-0.2, -0.15) is 9.61 Å². The minimum absolute atomic E-state index is 0.185. The Bertz CT molecular complexity index is 600. The lowest BCUT2D eigenvalue weighted by atomic mass is 9.76. The summed E-state index contributed by atoms with van der Waals surface area (Å²) < 4.78 is 1.93. The fraction of sp³-hybridized carbons (Fsp3) is 0.769. The van der Waals surface area contributed by atoms with E-state index in [0.717, 1.165) is 15.8 Å². The van der Waals surface area contributed by atoms with Crippen molar-refractivity contribution >= 4 is 16.3 Å². The molecule has 0 aromatic carbocycles. The van der Waals surface area contributed by atoms with Gasteiger partial charge >= 0.3 is 0 Å². The molecule has 2 N–H and O–H groups in total. The van der Waals surface area contributed by atoms with Crippen molar-refractivity contribution in [3.63, 3.8) is 0 Å². The maximum absolute atomic E-state index is 6.29. The zero-order valence-electron chi connectivity index (χ0n) is 12.0. The van der Waals surface area contributed by atoms with Crippen molar-refractivity contribution in [2.45, 2.75) is 63.8 Å². The van der Waals surface area contributed by atoms with Crippen LogP contribution in [0.5, 0.6) is 0 Å². The second-order valence-corrected chi connectivity index (χ2v) is 7.59. The molecule has 0 amide bonds. The van der Waals surface area contributed by atoms with Crippen LogP contribution in [-0.4, -0.2) is 25.4 Å². The van der Waals surface area contributed by atoms with Gasteiger partial charge < -0.3 is 5.73 Å². The Labute approximate surface area is 117 Å². The van der Waals surface area contributed by atoms with Crippen LogP contribution in [-0.2, 0) is 5.41 Å². The van der Waals surface area contributed by atoms with Gasteiger partial charge in [-0.15, -0.1) is 10.2 Å². The SMILES string of the molecule is CC(C)(N)C(C)(C)c1nn2c(C3CCC3)nnc2s1. The molecule has 1 fully saturated rings. The largest absolute Gasteiger partial charge is 0.325 e. The van der Waals surface area contributed by atoms with Crippen LogP contribution in [0.15, 0.2) is 0 Å². The molecular weight excluding hydrogens is 258 g/mol. The summed E-state index contributed by atoms with van der Waals surface area (Å²) in [6.07, 6.45) is 3.71. The molecule has 0 spiro atoms. The van der Waals surface area contributed by atoms with Crippen LogP contribution in [0.4, 0.5) is 0 Å². The number of nitrogens with zero attached hydrogens (tertiary/aromatic N) is 4. The number of hydrogen-bond acceptors (Lipinski definition) is 5. The Morgan fingerprint density at radius 2 is 1.89 bits per heavy atom. The van der Waals surface area contributed by atoms with Crippen LogP contribution in [0.3, 0.4) is 0 Å². The van der Waals surface area contributed by atoms with Crippen molar-refractivity contribution in [1.29, 1.82) is 0 Å². The molecule has 0 aliphatic heterocycles. The molecule has 0 radical (unpaired) electrons. The molecule has 2 aromatic heterocycles. The summed E-state index contributed by atoms with van der Waals surface area (Å²) in [6.45, 7) is 8.37. The van der Waals surface area contributed by atoms with Gasteiger partial charge in [-0.25, -0.2) is 0 Å². The van der Waals surface area contributed by atoms with E-state index in [2.05, 4.69) is 24.0 Å². The van der Waals surface area contributed by atoms with Gasteiger partial charge in [-0.05, 0) is 26.7 Å². The molecular formula is C13H21N5S. The normalized spacial score (nSPS) is 17.9. The fourth-order valence-corrected chi connectivity index (χ4v) is 3.20. The van der Waals surface area contributed by atoms with Gasteiger partial charge in [-0.1, -0.05) is 31.6 Å². The lowest BCUT2D eigenvalue weighted by molar-refractivity contribution is 0.302. The highest BCUT2D eigenvalue weighted by atomic mass is 32.1. The molecule has 0 unspecified atom stereocenters. The highest BCUT2D eigenvalue weighted by Gasteiger charge is 2.39. The Hall–Kier alpha value is -1.01. The molecule has 1 saturated carbocycles. The van der Waals surface area contributed by atoms with E-state index in [9.17, 15) is 0 Å². The molecule has 104 valence electrons. The molecule has 1 aliphatic rings. The minimum atomic E-state index is -0.326. The molecule has 3 rings (SSSR count). The van der Waals surface area contributed by atoms with Crippen LogP contribution in [0.2, 0.25) is 0 Å². The summed E-state index contributed by atoms with van der Waals surface area (Å²) >= 11 is 1.60. The topological polar surface area (TPSA) is 69.1 Å². The zero-order valence-corrected chi connectivity index (χ0v) is 12.8. The molecule has 5 nitrogen and oxygen atoms in total. The monoisotopic (exact) mass is 279 g/mol. The summed E-state index contributed by atoms with van der Waals surface area (Å²) in [5, 5.41) is 14.3. The van der Waals surface area contributed by atoms with E-state index < -0.39 is 0 Å². The minimum Gasteiger partial charge on any atom is -0.325 e. The van der Waals surface area contributed by atoms with Gasteiger partial charge in [0.05, 0.1) is 0 Å². The van der Waals surface area contributed by atoms with Gasteiger partial charge in [-0.3, -0.25) is 0 Å². The van der Waals surface area contributed by atoms with Crippen LogP contribution in [0.25, 0.3) is 4.96 Å². The molecule has 2 heterocycles. The summed E-state index contributed by atoms with van der Waals surface area (Å²) in [4.78, 5) is 0.884. The number of fused-ring (bicyclic) bond motifs is 1. The average Bonchev–Trinajstić information content (AvgIpc) is 2.75. The Kier molecular flexibility index (Phi) is 2.73. The smallest absolute Gasteiger partial charge is 0.234 e. The van der Waals surface area contributed by atoms with E-state index >= 15 is 0 Å². The van der Waals surface area contributed by atoms with Crippen LogP contribution in [0, 0.1) is 0 Å². The summed E-state index contributed by atoms with van der Waals surface area (Å²) in [5.74, 6) is 1.56. The van der Waals surface area contributed by atoms with Crippen LogP contribution >= 0.6 is 11.3 Å². The second kappa shape index (κ2) is 3.99. The quantitative estimate of drug-likeness (QED) is 0.937. The maximum atomic E-state index is 6.29. The molecule has 19 heavy (non-hydrogen) atoms. The van der Waals surface area contributed by atoms with E-state index in [1.807, 2.05) is 18.4 Å². The number of nitrogens with two attached hydrogens (primary N) is 1. The Morgan fingerprint density at radius 3 is 2.42 bits per heavy atom. The number of hydrogen-bond donors (Lipinski definition) is 1. The molecule has 2 aromatic rings. The van der Waals surface area contributed by atoms with Crippen molar-refractivity contribution in [2.24, 2.45) is 5.73 Å². The average molecular weight is 279 g/mol. The first-order chi connectivity index (χ1) is 8.80. The van der Waals surface area contributed by atoms with E-state index in [1.54, 1.807) is 11.3 Å². The van der Waals surface area contributed by atoms with Crippen molar-refractivity contribution in [1.82, 2.24) is 19.8 Å². The summed E-state index contributed by atoms with van der Waals surface area (Å²) in [7, 11) is 0. The molecule has 0 atom stereocenters. The molecule has 0 saturated heterocycles. The third-order valence-electron chi connectivity index (χ3n) is 4.63. The van der Waals surface area contributed by atoms with Crippen LogP contribution < -0.4 is 5.73 Å². The van der Waals surface area contributed by atoms with E-state index in [4.69, 9.17) is 10.8 Å². The molecule has 0 bridgehead atoms. The predicted octanol–water partition coefficient (Wildman–Crippen LogP) is 2.47. The number of rotatable bonds is 3. The number of aromatic nitrogens is 4. The van der Waals surface area contributed by atoms with Crippen molar-refractivity contribution < 1.29 is 0 Å². The molecule has 1 aliphatic carbocycles. The molecule has 6 heteroatoms. The fourth-order valence-electron chi connectivity index (χ4n) is 2.08. The van der Waals surface area contributed by atoms with Gasteiger partial charge in [0.2, 0.25) is 4.96 Å².